The second-order valence-electron chi connectivity index (χ2n) is 13.2. The van der Waals surface area contributed by atoms with Crippen LogP contribution in [0.25, 0.3) is 0 Å². The Morgan fingerprint density at radius 1 is 0.672 bits per heavy atom. The number of carbonyl (C=O) groups excluding carboxylic acids is 2. The fraction of sp³-hybridized carbons (Fsp3) is 0.444. The van der Waals surface area contributed by atoms with Gasteiger partial charge < -0.3 is 24.4 Å². The van der Waals surface area contributed by atoms with Gasteiger partial charge in [-0.15, -0.1) is 0 Å². The van der Waals surface area contributed by atoms with Crippen LogP contribution in [0.15, 0.2) is 60.7 Å². The summed E-state index contributed by atoms with van der Waals surface area (Å²) in [5.41, 5.74) is 0.756. The second-order valence-corrected chi connectivity index (χ2v) is 13.7. The minimum atomic E-state index is -8.72. The molecule has 0 saturated carbocycles. The van der Waals surface area contributed by atoms with Gasteiger partial charge in [0.2, 0.25) is 5.91 Å². The van der Waals surface area contributed by atoms with Gasteiger partial charge in [0.1, 0.15) is 23.3 Å². The van der Waals surface area contributed by atoms with E-state index in [1.807, 2.05) is 0 Å². The van der Waals surface area contributed by atoms with Gasteiger partial charge in [-0.25, -0.2) is 0 Å². The summed E-state index contributed by atoms with van der Waals surface area (Å²) in [5, 5.41) is 2.80. The normalized spacial score (nSPS) is 16.2. The molecule has 61 heavy (non-hydrogen) atoms. The summed E-state index contributed by atoms with van der Waals surface area (Å²) in [6.07, 6.45) is -12.1. The molecule has 3 aromatic rings. The lowest BCUT2D eigenvalue weighted by Crippen LogP contribution is -2.74. The van der Waals surface area contributed by atoms with Crippen molar-refractivity contribution in [2.75, 3.05) is 26.1 Å². The van der Waals surface area contributed by atoms with Gasteiger partial charge in [-0.05, 0) is 30.2 Å². The van der Waals surface area contributed by atoms with Crippen LogP contribution in [0.2, 0.25) is 5.02 Å². The van der Waals surface area contributed by atoms with E-state index in [1.54, 1.807) is 30.3 Å². The highest BCUT2D eigenvalue weighted by Gasteiger charge is 2.95. The van der Waals surface area contributed by atoms with Crippen LogP contribution in [-0.2, 0) is 17.8 Å². The number of hydrogen-bond donors (Lipinski definition) is 1. The summed E-state index contributed by atoms with van der Waals surface area (Å²) in [5.74, 6) is -59.2. The van der Waals surface area contributed by atoms with Gasteiger partial charge in [0.25, 0.3) is 5.91 Å². The molecule has 4 rings (SSSR count). The molecule has 0 aliphatic carbocycles. The molecule has 1 atom stereocenters. The number of nitrogens with zero attached hydrogens (tertiary/aromatic N) is 1. The molecular formula is C36H28ClF17N2O5. The van der Waals surface area contributed by atoms with E-state index in [0.29, 0.717) is 5.56 Å². The first-order chi connectivity index (χ1) is 27.8. The van der Waals surface area contributed by atoms with Gasteiger partial charge in [0.15, 0.2) is 0 Å². The number of fused-ring (bicyclic) bond motifs is 1. The van der Waals surface area contributed by atoms with Crippen LogP contribution in [-0.4, -0.2) is 91.2 Å². The Morgan fingerprint density at radius 3 is 1.69 bits per heavy atom. The predicted molar refractivity (Wildman–Crippen MR) is 179 cm³/mol. The van der Waals surface area contributed by atoms with Gasteiger partial charge in [-0.1, -0.05) is 41.9 Å². The number of rotatable bonds is 17. The summed E-state index contributed by atoms with van der Waals surface area (Å²) >= 11 is 6.13. The third-order valence-electron chi connectivity index (χ3n) is 9.28. The van der Waals surface area contributed by atoms with Crippen LogP contribution in [0.5, 0.6) is 17.2 Å². The van der Waals surface area contributed by atoms with Gasteiger partial charge in [-0.2, -0.15) is 74.6 Å². The number of alkyl halides is 17. The average molecular weight is 927 g/mol. The zero-order valence-electron chi connectivity index (χ0n) is 30.7. The smallest absolute Gasteiger partial charge is 0.460 e. The Balaban J connectivity index is 1.58. The molecule has 1 unspecified atom stereocenters. The van der Waals surface area contributed by atoms with Crippen molar-refractivity contribution in [2.24, 2.45) is 0 Å². The van der Waals surface area contributed by atoms with Crippen LogP contribution in [0, 0.1) is 0 Å². The van der Waals surface area contributed by atoms with Crippen LogP contribution in [0.1, 0.15) is 34.3 Å². The Hall–Kier alpha value is -4.90. The molecule has 0 spiro atoms. The molecular weight excluding hydrogens is 899 g/mol. The highest BCUT2D eigenvalue weighted by atomic mass is 35.5. The number of halogens is 18. The quantitative estimate of drug-likeness (QED) is 0.108. The second kappa shape index (κ2) is 16.8. The van der Waals surface area contributed by atoms with E-state index in [9.17, 15) is 84.2 Å². The first-order valence-corrected chi connectivity index (χ1v) is 17.3. The Kier molecular flexibility index (Phi) is 13.4. The lowest BCUT2D eigenvalue weighted by Gasteiger charge is -2.42. The third-order valence-corrected chi connectivity index (χ3v) is 9.52. The molecule has 2 amide bonds. The zero-order chi connectivity index (χ0) is 46.4. The molecule has 0 radical (unpaired) electrons. The standard InChI is InChI=1S/C36H28ClF17N2O5/c1-59-25-15-20(61-12-6-11-29(38,39)30(40,41)31(42,43)32(44,45)33(46,47)34(48,49)35(50,51)36(52,53)54)16-26(60-2)22(25)17-56-24(13-18-7-4-3-5-8-18)27(57)55-23-10-9-19(37)14-21(23)28(56)58/h3-5,7-10,14-16,24H,6,11-13,17H2,1-2H3,(H,55,57). The first kappa shape index (κ1) is 48.8. The lowest BCUT2D eigenvalue weighted by molar-refractivity contribution is -0.461. The van der Waals surface area contributed by atoms with E-state index in [1.165, 1.54) is 18.2 Å². The van der Waals surface area contributed by atoms with Crippen molar-refractivity contribution in [1.82, 2.24) is 4.90 Å². The van der Waals surface area contributed by atoms with Crippen molar-refractivity contribution in [3.8, 4) is 17.2 Å². The number of methoxy groups -OCH3 is 2. The number of hydrogen-bond acceptors (Lipinski definition) is 5. The van der Waals surface area contributed by atoms with E-state index < -0.39 is 97.2 Å². The van der Waals surface area contributed by atoms with Crippen LogP contribution in [0.3, 0.4) is 0 Å². The molecule has 0 bridgehead atoms. The van der Waals surface area contributed by atoms with Crippen molar-refractivity contribution in [2.45, 2.75) is 79.5 Å². The SMILES string of the molecule is COc1cc(OCCCC(F)(F)C(F)(F)C(F)(F)C(F)(F)C(F)(F)C(F)(F)C(F)(F)C(F)(F)F)cc(OC)c1CN1C(=O)c2cc(Cl)ccc2NC(=O)C1Cc1ccccc1. The number of ether oxygens (including phenoxy) is 3. The van der Waals surface area contributed by atoms with Gasteiger partial charge in [0, 0.05) is 30.0 Å². The maximum Gasteiger partial charge on any atom is 0.460 e. The molecule has 1 N–H and O–H groups in total. The summed E-state index contributed by atoms with van der Waals surface area (Å²) < 4.78 is 248. The van der Waals surface area contributed by atoms with Crippen LogP contribution < -0.4 is 19.5 Å². The van der Waals surface area contributed by atoms with Crippen molar-refractivity contribution >= 4 is 29.1 Å². The number of carbonyl (C=O) groups is 2. The highest BCUT2D eigenvalue weighted by Crippen LogP contribution is 2.64. The Morgan fingerprint density at radius 2 is 1.18 bits per heavy atom. The molecule has 7 nitrogen and oxygen atoms in total. The fourth-order valence-corrected chi connectivity index (χ4v) is 6.06. The molecule has 0 aromatic heterocycles. The molecule has 25 heteroatoms. The molecule has 0 fully saturated rings. The minimum absolute atomic E-state index is 0.0205. The zero-order valence-corrected chi connectivity index (χ0v) is 31.4. The topological polar surface area (TPSA) is 77.1 Å². The number of anilines is 1. The maximum atomic E-state index is 14.5. The van der Waals surface area contributed by atoms with Gasteiger partial charge in [0.05, 0.1) is 44.2 Å². The summed E-state index contributed by atoms with van der Waals surface area (Å²) in [6, 6.07) is 13.3. The number of amides is 2. The van der Waals surface area contributed by atoms with Gasteiger partial charge >= 0.3 is 47.6 Å². The monoisotopic (exact) mass is 926 g/mol. The maximum absolute atomic E-state index is 14.5. The third kappa shape index (κ3) is 8.51. The summed E-state index contributed by atoms with van der Waals surface area (Å²) in [6.45, 7) is -1.69. The van der Waals surface area contributed by atoms with Crippen molar-refractivity contribution < 1.29 is 98.4 Å². The van der Waals surface area contributed by atoms with Crippen molar-refractivity contribution in [3.05, 3.63) is 82.4 Å². The molecule has 1 heterocycles. The lowest BCUT2D eigenvalue weighted by atomic mass is 9.88. The van der Waals surface area contributed by atoms with Gasteiger partial charge in [-0.3, -0.25) is 9.59 Å². The highest BCUT2D eigenvalue weighted by molar-refractivity contribution is 6.31. The summed E-state index contributed by atoms with van der Waals surface area (Å²) in [7, 11) is 2.16. The van der Waals surface area contributed by atoms with E-state index >= 15 is 0 Å². The molecule has 338 valence electrons. The Bertz CT molecular complexity index is 2060. The molecule has 1 aliphatic rings. The largest absolute Gasteiger partial charge is 0.496 e. The fourth-order valence-electron chi connectivity index (χ4n) is 5.89. The Labute approximate surface area is 337 Å². The van der Waals surface area contributed by atoms with Crippen LogP contribution in [0.4, 0.5) is 80.3 Å². The number of benzene rings is 3. The molecule has 0 saturated heterocycles. The summed E-state index contributed by atoms with van der Waals surface area (Å²) in [4.78, 5) is 28.8. The van der Waals surface area contributed by atoms with E-state index in [2.05, 4.69) is 5.32 Å². The van der Waals surface area contributed by atoms with Crippen molar-refractivity contribution in [3.63, 3.8) is 0 Å². The van der Waals surface area contributed by atoms with E-state index in [4.69, 9.17) is 25.8 Å². The predicted octanol–water partition coefficient (Wildman–Crippen LogP) is 10.7. The van der Waals surface area contributed by atoms with Crippen molar-refractivity contribution in [1.29, 1.82) is 0 Å². The number of nitrogens with one attached hydrogen (secondary N) is 1. The molecule has 1 aliphatic heterocycles. The molecule has 3 aromatic carbocycles. The van der Waals surface area contributed by atoms with E-state index in [-0.39, 0.29) is 39.8 Å². The van der Waals surface area contributed by atoms with E-state index in [0.717, 1.165) is 31.3 Å². The first-order valence-electron chi connectivity index (χ1n) is 16.9. The average Bonchev–Trinajstić information content (AvgIpc) is 3.26. The minimum Gasteiger partial charge on any atom is -0.496 e. The van der Waals surface area contributed by atoms with Crippen LogP contribution >= 0.6 is 11.6 Å².